The summed E-state index contributed by atoms with van der Waals surface area (Å²) >= 11 is 0. The van der Waals surface area contributed by atoms with Crippen molar-refractivity contribution < 1.29 is 4.79 Å². The van der Waals surface area contributed by atoms with Gasteiger partial charge < -0.3 is 10.6 Å². The van der Waals surface area contributed by atoms with Crippen LogP contribution < -0.4 is 10.6 Å². The molecule has 0 radical (unpaired) electrons. The zero-order valence-electron chi connectivity index (χ0n) is 11.0. The lowest BCUT2D eigenvalue weighted by molar-refractivity contribution is -0.122. The molecule has 1 unspecified atom stereocenters. The van der Waals surface area contributed by atoms with Crippen LogP contribution in [0.3, 0.4) is 0 Å². The van der Waals surface area contributed by atoms with Crippen molar-refractivity contribution in [2.45, 2.75) is 70.4 Å². The zero-order chi connectivity index (χ0) is 12.1. The summed E-state index contributed by atoms with van der Waals surface area (Å²) in [6, 6.07) is 0.449. The summed E-state index contributed by atoms with van der Waals surface area (Å²) in [7, 11) is 0. The van der Waals surface area contributed by atoms with Crippen molar-refractivity contribution in [3.63, 3.8) is 0 Å². The minimum Gasteiger partial charge on any atom is -0.352 e. The maximum Gasteiger partial charge on any atom is 0.237 e. The lowest BCUT2D eigenvalue weighted by Gasteiger charge is -2.14. The maximum atomic E-state index is 11.7. The Morgan fingerprint density at radius 3 is 2.59 bits per heavy atom. The van der Waals surface area contributed by atoms with Gasteiger partial charge in [0.25, 0.3) is 0 Å². The molecule has 0 heterocycles. The van der Waals surface area contributed by atoms with Crippen molar-refractivity contribution in [3.05, 3.63) is 0 Å². The van der Waals surface area contributed by atoms with Gasteiger partial charge in [-0.15, -0.1) is 0 Å². The molecule has 3 nitrogen and oxygen atoms in total. The van der Waals surface area contributed by atoms with Crippen molar-refractivity contribution in [2.24, 2.45) is 5.92 Å². The molecule has 2 saturated carbocycles. The van der Waals surface area contributed by atoms with Gasteiger partial charge in [-0.25, -0.2) is 0 Å². The number of carbonyl (C=O) groups is 1. The minimum atomic E-state index is -0.0285. The molecular formula is C14H26N2O. The molecular weight excluding hydrogens is 212 g/mol. The van der Waals surface area contributed by atoms with Crippen LogP contribution in [0.2, 0.25) is 0 Å². The molecule has 2 fully saturated rings. The molecule has 2 N–H and O–H groups in total. The molecule has 0 saturated heterocycles. The molecule has 0 aliphatic heterocycles. The number of carbonyl (C=O) groups excluding carboxylic acids is 1. The van der Waals surface area contributed by atoms with Gasteiger partial charge in [0, 0.05) is 6.04 Å². The normalized spacial score (nSPS) is 22.6. The topological polar surface area (TPSA) is 41.1 Å². The second-order valence-corrected chi connectivity index (χ2v) is 5.75. The third-order valence-electron chi connectivity index (χ3n) is 4.03. The smallest absolute Gasteiger partial charge is 0.237 e. The van der Waals surface area contributed by atoms with Gasteiger partial charge in [-0.05, 0) is 45.1 Å². The van der Waals surface area contributed by atoms with E-state index >= 15 is 0 Å². The van der Waals surface area contributed by atoms with Gasteiger partial charge in [0.2, 0.25) is 5.91 Å². The first kappa shape index (κ1) is 12.9. The molecule has 98 valence electrons. The Morgan fingerprint density at radius 2 is 1.94 bits per heavy atom. The summed E-state index contributed by atoms with van der Waals surface area (Å²) in [5, 5.41) is 6.36. The molecule has 0 spiro atoms. The van der Waals surface area contributed by atoms with Crippen LogP contribution in [-0.2, 0) is 4.79 Å². The molecule has 0 aromatic carbocycles. The van der Waals surface area contributed by atoms with Gasteiger partial charge in [0.1, 0.15) is 0 Å². The van der Waals surface area contributed by atoms with E-state index in [0.717, 1.165) is 12.5 Å². The second-order valence-electron chi connectivity index (χ2n) is 5.75. The molecule has 2 rings (SSSR count). The summed E-state index contributed by atoms with van der Waals surface area (Å²) in [6.07, 6.45) is 10.6. The van der Waals surface area contributed by atoms with E-state index in [1.807, 2.05) is 6.92 Å². The van der Waals surface area contributed by atoms with E-state index in [1.165, 1.54) is 51.4 Å². The first-order chi connectivity index (χ1) is 8.25. The SMILES string of the molecule is CC(NCCCC1CCCC1)C(=O)NC1CC1. The van der Waals surface area contributed by atoms with Crippen LogP contribution in [-0.4, -0.2) is 24.5 Å². The average molecular weight is 238 g/mol. The molecule has 17 heavy (non-hydrogen) atoms. The highest BCUT2D eigenvalue weighted by molar-refractivity contribution is 5.81. The van der Waals surface area contributed by atoms with Gasteiger partial charge in [-0.2, -0.15) is 0 Å². The Balaban J connectivity index is 1.49. The van der Waals surface area contributed by atoms with Crippen molar-refractivity contribution in [3.8, 4) is 0 Å². The molecule has 1 atom stereocenters. The predicted octanol–water partition coefficient (Wildman–Crippen LogP) is 2.21. The van der Waals surface area contributed by atoms with E-state index < -0.39 is 0 Å². The fraction of sp³-hybridized carbons (Fsp3) is 0.929. The molecule has 0 bridgehead atoms. The minimum absolute atomic E-state index is 0.0285. The van der Waals surface area contributed by atoms with Crippen LogP contribution in [0.25, 0.3) is 0 Å². The molecule has 3 heteroatoms. The lowest BCUT2D eigenvalue weighted by Crippen LogP contribution is -2.43. The third-order valence-corrected chi connectivity index (χ3v) is 4.03. The molecule has 1 amide bonds. The maximum absolute atomic E-state index is 11.7. The monoisotopic (exact) mass is 238 g/mol. The van der Waals surface area contributed by atoms with Crippen molar-refractivity contribution in [1.82, 2.24) is 10.6 Å². The highest BCUT2D eigenvalue weighted by Gasteiger charge is 2.25. The Labute approximate surface area is 105 Å². The predicted molar refractivity (Wildman–Crippen MR) is 69.8 cm³/mol. The summed E-state index contributed by atoms with van der Waals surface area (Å²) in [5.74, 6) is 1.14. The zero-order valence-corrected chi connectivity index (χ0v) is 11.0. The van der Waals surface area contributed by atoms with E-state index in [-0.39, 0.29) is 11.9 Å². The summed E-state index contributed by atoms with van der Waals surface area (Å²) in [4.78, 5) is 11.7. The van der Waals surface area contributed by atoms with E-state index in [9.17, 15) is 4.79 Å². The first-order valence-electron chi connectivity index (χ1n) is 7.29. The van der Waals surface area contributed by atoms with Gasteiger partial charge in [0.15, 0.2) is 0 Å². The van der Waals surface area contributed by atoms with Crippen molar-refractivity contribution in [1.29, 1.82) is 0 Å². The number of hydrogen-bond acceptors (Lipinski definition) is 2. The van der Waals surface area contributed by atoms with Gasteiger partial charge in [-0.1, -0.05) is 25.7 Å². The van der Waals surface area contributed by atoms with E-state index in [0.29, 0.717) is 6.04 Å². The number of rotatable bonds is 7. The van der Waals surface area contributed by atoms with Crippen molar-refractivity contribution >= 4 is 5.91 Å². The lowest BCUT2D eigenvalue weighted by atomic mass is 10.0. The fourth-order valence-electron chi connectivity index (χ4n) is 2.65. The van der Waals surface area contributed by atoms with Gasteiger partial charge >= 0.3 is 0 Å². The fourth-order valence-corrected chi connectivity index (χ4v) is 2.65. The highest BCUT2D eigenvalue weighted by Crippen LogP contribution is 2.28. The van der Waals surface area contributed by atoms with Crippen LogP contribution in [0.15, 0.2) is 0 Å². The largest absolute Gasteiger partial charge is 0.352 e. The molecule has 2 aliphatic carbocycles. The number of nitrogens with one attached hydrogen (secondary N) is 2. The Kier molecular flexibility index (Phi) is 4.84. The van der Waals surface area contributed by atoms with Crippen molar-refractivity contribution in [2.75, 3.05) is 6.54 Å². The first-order valence-corrected chi connectivity index (χ1v) is 7.29. The second kappa shape index (κ2) is 6.39. The van der Waals surface area contributed by atoms with Crippen LogP contribution in [0.4, 0.5) is 0 Å². The average Bonchev–Trinajstić information content (AvgIpc) is 2.97. The quantitative estimate of drug-likeness (QED) is 0.668. The van der Waals surface area contributed by atoms with E-state index in [2.05, 4.69) is 10.6 Å². The molecule has 0 aromatic heterocycles. The summed E-state index contributed by atoms with van der Waals surface area (Å²) < 4.78 is 0. The van der Waals surface area contributed by atoms with Crippen LogP contribution >= 0.6 is 0 Å². The Hall–Kier alpha value is -0.570. The Bertz CT molecular complexity index is 245. The summed E-state index contributed by atoms with van der Waals surface area (Å²) in [5.41, 5.74) is 0. The van der Waals surface area contributed by atoms with Gasteiger partial charge in [0.05, 0.1) is 6.04 Å². The van der Waals surface area contributed by atoms with Crippen LogP contribution in [0.1, 0.15) is 58.3 Å². The third kappa shape index (κ3) is 4.66. The number of amides is 1. The van der Waals surface area contributed by atoms with E-state index in [1.54, 1.807) is 0 Å². The van der Waals surface area contributed by atoms with Gasteiger partial charge in [-0.3, -0.25) is 4.79 Å². The highest BCUT2D eigenvalue weighted by atomic mass is 16.2. The van der Waals surface area contributed by atoms with Crippen LogP contribution in [0.5, 0.6) is 0 Å². The van der Waals surface area contributed by atoms with Crippen LogP contribution in [0, 0.1) is 5.92 Å². The molecule has 0 aromatic rings. The standard InChI is InChI=1S/C14H26N2O/c1-11(14(17)16-13-8-9-13)15-10-4-7-12-5-2-3-6-12/h11-13,15H,2-10H2,1H3,(H,16,17). The number of hydrogen-bond donors (Lipinski definition) is 2. The molecule has 2 aliphatic rings. The van der Waals surface area contributed by atoms with E-state index in [4.69, 9.17) is 0 Å². The summed E-state index contributed by atoms with van der Waals surface area (Å²) in [6.45, 7) is 2.95. The Morgan fingerprint density at radius 1 is 1.24 bits per heavy atom.